The van der Waals surface area contributed by atoms with Crippen LogP contribution in [0.1, 0.15) is 32.1 Å². The van der Waals surface area contributed by atoms with Gasteiger partial charge in [-0.25, -0.2) is 0 Å². The third kappa shape index (κ3) is 5.44. The topological polar surface area (TPSA) is 33.7 Å². The summed E-state index contributed by atoms with van der Waals surface area (Å²) >= 11 is 5.73. The number of nitrogens with one attached hydrogen (secondary N) is 1. The van der Waals surface area contributed by atoms with Gasteiger partial charge in [-0.15, -0.1) is 0 Å². The summed E-state index contributed by atoms with van der Waals surface area (Å²) in [7, 11) is 1.68. The van der Waals surface area contributed by atoms with Crippen LogP contribution >= 0.6 is 12.2 Å². The molecule has 0 bridgehead atoms. The van der Waals surface area contributed by atoms with E-state index in [4.69, 9.17) is 21.7 Å². The maximum atomic E-state index is 5.84. The molecule has 0 spiro atoms. The molecule has 1 fully saturated rings. The van der Waals surface area contributed by atoms with E-state index in [1.165, 1.54) is 12.8 Å². The zero-order chi connectivity index (χ0) is 17.5. The normalized spacial score (nSPS) is 22.6. The van der Waals surface area contributed by atoms with Crippen molar-refractivity contribution in [1.82, 2.24) is 4.90 Å². The lowest BCUT2D eigenvalue weighted by molar-refractivity contribution is 0.0882. The molecule has 3 rings (SSSR count). The number of methoxy groups -OCH3 is 1. The Hall–Kier alpha value is -1.59. The molecule has 136 valence electrons. The van der Waals surface area contributed by atoms with Crippen LogP contribution in [0.3, 0.4) is 0 Å². The van der Waals surface area contributed by atoms with Gasteiger partial charge < -0.3 is 19.7 Å². The lowest BCUT2D eigenvalue weighted by Gasteiger charge is -2.32. The zero-order valence-electron chi connectivity index (χ0n) is 14.9. The molecule has 0 saturated carbocycles. The Morgan fingerprint density at radius 3 is 2.72 bits per heavy atom. The number of thiocarbonyl (C=S) groups is 1. The van der Waals surface area contributed by atoms with Crippen molar-refractivity contribution in [2.45, 2.75) is 38.2 Å². The maximum absolute atomic E-state index is 5.84. The number of hydrogen-bond acceptors (Lipinski definition) is 3. The molecule has 2 aliphatic rings. The Morgan fingerprint density at radius 2 is 2.08 bits per heavy atom. The van der Waals surface area contributed by atoms with Gasteiger partial charge in [0, 0.05) is 25.4 Å². The van der Waals surface area contributed by atoms with Crippen molar-refractivity contribution < 1.29 is 9.47 Å². The summed E-state index contributed by atoms with van der Waals surface area (Å²) < 4.78 is 11.1. The summed E-state index contributed by atoms with van der Waals surface area (Å²) in [5.41, 5.74) is 0.992. The van der Waals surface area contributed by atoms with E-state index in [-0.39, 0.29) is 0 Å². The Morgan fingerprint density at radius 1 is 1.24 bits per heavy atom. The van der Waals surface area contributed by atoms with Crippen molar-refractivity contribution in [1.29, 1.82) is 0 Å². The van der Waals surface area contributed by atoms with Crippen molar-refractivity contribution in [2.75, 3.05) is 32.1 Å². The molecule has 1 aliphatic heterocycles. The minimum absolute atomic E-state index is 0.301. The predicted octanol–water partition coefficient (Wildman–Crippen LogP) is 4.23. The van der Waals surface area contributed by atoms with Crippen molar-refractivity contribution in [3.8, 4) is 5.75 Å². The van der Waals surface area contributed by atoms with Gasteiger partial charge >= 0.3 is 0 Å². The Labute approximate surface area is 156 Å². The van der Waals surface area contributed by atoms with E-state index in [9.17, 15) is 0 Å². The highest BCUT2D eigenvalue weighted by Gasteiger charge is 2.23. The average molecular weight is 361 g/mol. The molecule has 0 amide bonds. The van der Waals surface area contributed by atoms with E-state index >= 15 is 0 Å². The lowest BCUT2D eigenvalue weighted by Crippen LogP contribution is -2.42. The fourth-order valence-corrected chi connectivity index (χ4v) is 3.75. The fourth-order valence-electron chi connectivity index (χ4n) is 3.49. The van der Waals surface area contributed by atoms with Crippen LogP contribution in [0.2, 0.25) is 0 Å². The number of ether oxygens (including phenoxy) is 2. The van der Waals surface area contributed by atoms with Crippen LogP contribution in [0.5, 0.6) is 5.75 Å². The third-order valence-electron chi connectivity index (χ3n) is 4.93. The summed E-state index contributed by atoms with van der Waals surface area (Å²) in [5, 5.41) is 4.17. The Bertz CT molecular complexity index is 582. The number of anilines is 1. The highest BCUT2D eigenvalue weighted by molar-refractivity contribution is 7.80. The van der Waals surface area contributed by atoms with E-state index < -0.39 is 0 Å². The van der Waals surface area contributed by atoms with Gasteiger partial charge in [0.2, 0.25) is 0 Å². The monoisotopic (exact) mass is 360 g/mol. The number of benzene rings is 1. The molecule has 25 heavy (non-hydrogen) atoms. The molecule has 5 heteroatoms. The van der Waals surface area contributed by atoms with Crippen molar-refractivity contribution in [3.63, 3.8) is 0 Å². The van der Waals surface area contributed by atoms with Gasteiger partial charge in [0.25, 0.3) is 0 Å². The van der Waals surface area contributed by atoms with Gasteiger partial charge in [-0.05, 0) is 74.5 Å². The van der Waals surface area contributed by atoms with E-state index in [1.54, 1.807) is 7.11 Å². The molecule has 1 aromatic rings. The maximum Gasteiger partial charge on any atom is 0.173 e. The van der Waals surface area contributed by atoms with Crippen LogP contribution in [0.15, 0.2) is 36.4 Å². The molecule has 1 saturated heterocycles. The first-order chi connectivity index (χ1) is 12.2. The zero-order valence-corrected chi connectivity index (χ0v) is 15.8. The predicted molar refractivity (Wildman–Crippen MR) is 106 cm³/mol. The van der Waals surface area contributed by atoms with Gasteiger partial charge in [-0.3, -0.25) is 0 Å². The van der Waals surface area contributed by atoms with E-state index in [2.05, 4.69) is 22.4 Å². The minimum atomic E-state index is 0.301. The van der Waals surface area contributed by atoms with Crippen LogP contribution in [0, 0.1) is 5.92 Å². The molecule has 1 aromatic carbocycles. The molecular formula is C20H28N2O2S. The molecule has 4 nitrogen and oxygen atoms in total. The van der Waals surface area contributed by atoms with Gasteiger partial charge in [0.1, 0.15) is 5.75 Å². The van der Waals surface area contributed by atoms with Crippen LogP contribution in [0.4, 0.5) is 5.69 Å². The molecular weight excluding hydrogens is 332 g/mol. The molecule has 1 aliphatic carbocycles. The van der Waals surface area contributed by atoms with E-state index in [1.807, 2.05) is 24.3 Å². The summed E-state index contributed by atoms with van der Waals surface area (Å²) in [6.45, 7) is 2.75. The van der Waals surface area contributed by atoms with Crippen LogP contribution in [-0.2, 0) is 4.74 Å². The molecule has 1 heterocycles. The van der Waals surface area contributed by atoms with Gasteiger partial charge in [-0.2, -0.15) is 0 Å². The lowest BCUT2D eigenvalue weighted by atomic mass is 9.94. The first-order valence-corrected chi connectivity index (χ1v) is 9.62. The highest BCUT2D eigenvalue weighted by Crippen LogP contribution is 2.22. The molecule has 0 aromatic heterocycles. The van der Waals surface area contributed by atoms with Crippen molar-refractivity contribution >= 4 is 23.0 Å². The standard InChI is InChI=1S/C20H28N2O2S/c1-23-18-11-9-17(10-12-18)21-20(25)22(15-19-8-5-13-24-19)14-16-6-3-2-4-7-16/h2-3,9-12,16,19H,4-8,13-15H2,1H3,(H,21,25)/t16-,19-/m0/s1. The minimum Gasteiger partial charge on any atom is -0.497 e. The smallest absolute Gasteiger partial charge is 0.173 e. The van der Waals surface area contributed by atoms with Crippen LogP contribution in [-0.4, -0.2) is 42.9 Å². The quantitative estimate of drug-likeness (QED) is 0.606. The van der Waals surface area contributed by atoms with Crippen molar-refractivity contribution in [3.05, 3.63) is 36.4 Å². The first kappa shape index (κ1) is 18.2. The van der Waals surface area contributed by atoms with Gasteiger partial charge in [-0.1, -0.05) is 12.2 Å². The van der Waals surface area contributed by atoms with Crippen LogP contribution in [0.25, 0.3) is 0 Å². The summed E-state index contributed by atoms with van der Waals surface area (Å²) in [6.07, 6.45) is 10.7. The molecule has 2 atom stereocenters. The number of nitrogens with zero attached hydrogens (tertiary/aromatic N) is 1. The highest BCUT2D eigenvalue weighted by atomic mass is 32.1. The first-order valence-electron chi connectivity index (χ1n) is 9.21. The van der Waals surface area contributed by atoms with E-state index in [0.717, 1.165) is 55.5 Å². The SMILES string of the molecule is COc1ccc(NC(=S)N(C[C@H]2CC=CCC2)C[C@@H]2CCCO2)cc1. The number of rotatable bonds is 6. The number of hydrogen-bond donors (Lipinski definition) is 1. The number of allylic oxidation sites excluding steroid dienone is 2. The largest absolute Gasteiger partial charge is 0.497 e. The van der Waals surface area contributed by atoms with E-state index in [0.29, 0.717) is 12.0 Å². The van der Waals surface area contributed by atoms with Crippen molar-refractivity contribution in [2.24, 2.45) is 5.92 Å². The second-order valence-electron chi connectivity index (χ2n) is 6.85. The summed E-state index contributed by atoms with van der Waals surface area (Å²) in [6, 6.07) is 7.89. The van der Waals surface area contributed by atoms with Gasteiger partial charge in [0.15, 0.2) is 5.11 Å². The summed E-state index contributed by atoms with van der Waals surface area (Å²) in [5.74, 6) is 1.52. The molecule has 0 radical (unpaired) electrons. The molecule has 1 N–H and O–H groups in total. The molecule has 0 unspecified atom stereocenters. The second kappa shape index (κ2) is 9.20. The van der Waals surface area contributed by atoms with Crippen LogP contribution < -0.4 is 10.1 Å². The average Bonchev–Trinajstić information content (AvgIpc) is 3.16. The fraction of sp³-hybridized carbons (Fsp3) is 0.550. The van der Waals surface area contributed by atoms with Gasteiger partial charge in [0.05, 0.1) is 13.2 Å². The Kier molecular flexibility index (Phi) is 6.70. The third-order valence-corrected chi connectivity index (χ3v) is 5.29. The summed E-state index contributed by atoms with van der Waals surface area (Å²) in [4.78, 5) is 2.30. The Balaban J connectivity index is 1.62. The second-order valence-corrected chi connectivity index (χ2v) is 7.24.